The molecule has 1 saturated heterocycles. The molecule has 0 unspecified atom stereocenters. The molecule has 0 bridgehead atoms. The second-order valence-electron chi connectivity index (χ2n) is 8.44. The van der Waals surface area contributed by atoms with Crippen LogP contribution < -0.4 is 15.0 Å². The molecule has 11 heteroatoms. The van der Waals surface area contributed by atoms with Crippen LogP contribution in [0.5, 0.6) is 5.88 Å². The van der Waals surface area contributed by atoms with Gasteiger partial charge in [-0.1, -0.05) is 12.1 Å². The fraction of sp³-hybridized carbons (Fsp3) is 0.346. The molecule has 1 aliphatic heterocycles. The number of nitrogens with one attached hydrogen (secondary N) is 1. The summed E-state index contributed by atoms with van der Waals surface area (Å²) in [5.41, 5.74) is 2.23. The van der Waals surface area contributed by atoms with E-state index >= 15 is 0 Å². The number of halogens is 4. The van der Waals surface area contributed by atoms with Crippen LogP contribution in [0, 0.1) is 6.92 Å². The summed E-state index contributed by atoms with van der Waals surface area (Å²) < 4.78 is 51.4. The van der Waals surface area contributed by atoms with Crippen molar-refractivity contribution in [3.63, 3.8) is 0 Å². The minimum Gasteiger partial charge on any atom is -0.475 e. The molecule has 37 heavy (non-hydrogen) atoms. The lowest BCUT2D eigenvalue weighted by Crippen LogP contribution is -2.36. The van der Waals surface area contributed by atoms with Crippen LogP contribution in [0.15, 0.2) is 42.5 Å². The molecule has 1 aromatic heterocycles. The number of carbonyl (C=O) groups is 1. The van der Waals surface area contributed by atoms with Gasteiger partial charge in [0.05, 0.1) is 31.1 Å². The summed E-state index contributed by atoms with van der Waals surface area (Å²) in [6.45, 7) is 6.75. The van der Waals surface area contributed by atoms with Crippen molar-refractivity contribution in [2.75, 3.05) is 43.1 Å². The van der Waals surface area contributed by atoms with E-state index in [0.717, 1.165) is 22.9 Å². The van der Waals surface area contributed by atoms with Gasteiger partial charge in [-0.25, -0.2) is 0 Å². The van der Waals surface area contributed by atoms with Crippen molar-refractivity contribution in [3.8, 4) is 17.1 Å². The molecule has 3 aromatic rings. The zero-order valence-corrected chi connectivity index (χ0v) is 21.1. The Labute approximate surface area is 217 Å². The SMILES string of the molecule is CCOc1nnc(-c2cc(NC(=O)c3ccc(CCl)c(C(F)(F)F)c3)ccc2C)cc1N1CCOCC1. The van der Waals surface area contributed by atoms with Crippen molar-refractivity contribution in [1.29, 1.82) is 0 Å². The number of morpholine rings is 1. The first-order chi connectivity index (χ1) is 17.7. The van der Waals surface area contributed by atoms with Crippen molar-refractivity contribution in [1.82, 2.24) is 10.2 Å². The van der Waals surface area contributed by atoms with E-state index in [4.69, 9.17) is 21.1 Å². The molecule has 196 valence electrons. The Morgan fingerprint density at radius 3 is 2.57 bits per heavy atom. The maximum atomic E-state index is 13.4. The fourth-order valence-electron chi connectivity index (χ4n) is 4.05. The number of aromatic nitrogens is 2. The van der Waals surface area contributed by atoms with Crippen molar-refractivity contribution in [2.45, 2.75) is 25.9 Å². The third-order valence-corrected chi connectivity index (χ3v) is 6.25. The van der Waals surface area contributed by atoms with Gasteiger partial charge in [-0.2, -0.15) is 13.2 Å². The van der Waals surface area contributed by atoms with Crippen molar-refractivity contribution < 1.29 is 27.4 Å². The number of rotatable bonds is 7. The summed E-state index contributed by atoms with van der Waals surface area (Å²) in [6, 6.07) is 10.4. The minimum atomic E-state index is -4.62. The number of ether oxygens (including phenoxy) is 2. The van der Waals surface area contributed by atoms with E-state index in [9.17, 15) is 18.0 Å². The second kappa shape index (κ2) is 11.4. The van der Waals surface area contributed by atoms with Crippen molar-refractivity contribution in [3.05, 3.63) is 64.7 Å². The molecular weight excluding hydrogens is 509 g/mol. The zero-order chi connectivity index (χ0) is 26.6. The number of benzene rings is 2. The number of amides is 1. The second-order valence-corrected chi connectivity index (χ2v) is 8.71. The average molecular weight is 535 g/mol. The smallest absolute Gasteiger partial charge is 0.416 e. The highest BCUT2D eigenvalue weighted by Crippen LogP contribution is 2.35. The van der Waals surface area contributed by atoms with Crippen LogP contribution >= 0.6 is 11.6 Å². The highest BCUT2D eigenvalue weighted by molar-refractivity contribution is 6.17. The van der Waals surface area contributed by atoms with Crippen LogP contribution in [0.3, 0.4) is 0 Å². The first-order valence-electron chi connectivity index (χ1n) is 11.7. The van der Waals surface area contributed by atoms with Gasteiger partial charge < -0.3 is 19.7 Å². The Hall–Kier alpha value is -3.37. The van der Waals surface area contributed by atoms with Gasteiger partial charge in [0.2, 0.25) is 0 Å². The summed E-state index contributed by atoms with van der Waals surface area (Å²) in [4.78, 5) is 14.9. The Morgan fingerprint density at radius 2 is 1.89 bits per heavy atom. The van der Waals surface area contributed by atoms with Crippen LogP contribution in [-0.2, 0) is 16.8 Å². The molecule has 2 aromatic carbocycles. The molecule has 1 aliphatic rings. The third-order valence-electron chi connectivity index (χ3n) is 5.97. The Balaban J connectivity index is 1.64. The van der Waals surface area contributed by atoms with E-state index in [-0.39, 0.29) is 17.0 Å². The van der Waals surface area contributed by atoms with Gasteiger partial charge in [0, 0.05) is 35.8 Å². The van der Waals surface area contributed by atoms with Crippen molar-refractivity contribution >= 4 is 28.9 Å². The maximum Gasteiger partial charge on any atom is 0.416 e. The normalized spacial score (nSPS) is 13.9. The van der Waals surface area contributed by atoms with E-state index in [0.29, 0.717) is 50.2 Å². The largest absolute Gasteiger partial charge is 0.475 e. The molecule has 2 heterocycles. The highest BCUT2D eigenvalue weighted by atomic mass is 35.5. The summed E-state index contributed by atoms with van der Waals surface area (Å²) in [7, 11) is 0. The summed E-state index contributed by atoms with van der Waals surface area (Å²) in [5.74, 6) is -0.558. The Kier molecular flexibility index (Phi) is 8.19. The molecule has 1 amide bonds. The zero-order valence-electron chi connectivity index (χ0n) is 20.4. The Morgan fingerprint density at radius 1 is 1.14 bits per heavy atom. The first-order valence-corrected chi connectivity index (χ1v) is 12.3. The standard InChI is InChI=1S/C26H26ClF3N4O3/c1-3-37-25-23(34-8-10-36-11-9-34)14-22(32-33-25)20-13-19(7-4-16(20)2)31-24(35)17-5-6-18(15-27)21(12-17)26(28,29)30/h4-7,12-14H,3,8-11,15H2,1-2H3,(H,31,35). The number of nitrogens with zero attached hydrogens (tertiary/aromatic N) is 3. The number of carbonyl (C=O) groups excluding carboxylic acids is 1. The van der Waals surface area contributed by atoms with Gasteiger partial charge in [-0.15, -0.1) is 21.8 Å². The van der Waals surface area contributed by atoms with Gasteiger partial charge in [0.15, 0.2) is 0 Å². The van der Waals surface area contributed by atoms with Crippen molar-refractivity contribution in [2.24, 2.45) is 0 Å². The molecule has 0 aliphatic carbocycles. The van der Waals surface area contributed by atoms with Gasteiger partial charge >= 0.3 is 6.18 Å². The van der Waals surface area contributed by atoms with E-state index in [1.807, 2.05) is 19.9 Å². The lowest BCUT2D eigenvalue weighted by molar-refractivity contribution is -0.138. The van der Waals surface area contributed by atoms with E-state index < -0.39 is 17.6 Å². The highest BCUT2D eigenvalue weighted by Gasteiger charge is 2.34. The maximum absolute atomic E-state index is 13.4. The van der Waals surface area contributed by atoms with Crippen LogP contribution in [0.25, 0.3) is 11.3 Å². The molecule has 7 nitrogen and oxygen atoms in total. The average Bonchev–Trinajstić information content (AvgIpc) is 2.90. The number of hydrogen-bond donors (Lipinski definition) is 1. The lowest BCUT2D eigenvalue weighted by Gasteiger charge is -2.29. The predicted octanol–water partition coefficient (Wildman–Crippen LogP) is 5.70. The minimum absolute atomic E-state index is 0.0894. The van der Waals surface area contributed by atoms with Gasteiger partial charge in [0.1, 0.15) is 5.69 Å². The van der Waals surface area contributed by atoms with Gasteiger partial charge in [-0.05, 0) is 55.3 Å². The van der Waals surface area contributed by atoms with Gasteiger partial charge in [-0.3, -0.25) is 4.79 Å². The van der Waals surface area contributed by atoms with Crippen LogP contribution in [0.4, 0.5) is 24.5 Å². The molecular formula is C26H26ClF3N4O3. The molecule has 0 atom stereocenters. The molecule has 4 rings (SSSR count). The first kappa shape index (κ1) is 26.7. The van der Waals surface area contributed by atoms with Crippen LogP contribution in [-0.4, -0.2) is 49.0 Å². The number of hydrogen-bond acceptors (Lipinski definition) is 6. The molecule has 0 saturated carbocycles. The topological polar surface area (TPSA) is 76.6 Å². The number of aryl methyl sites for hydroxylation is 1. The summed E-state index contributed by atoms with van der Waals surface area (Å²) in [5, 5.41) is 11.3. The number of alkyl halides is 4. The van der Waals surface area contributed by atoms with Crippen LogP contribution in [0.1, 0.15) is 34.0 Å². The lowest BCUT2D eigenvalue weighted by atomic mass is 10.0. The fourth-order valence-corrected chi connectivity index (χ4v) is 4.28. The molecule has 0 radical (unpaired) electrons. The monoisotopic (exact) mass is 534 g/mol. The third kappa shape index (κ3) is 6.14. The van der Waals surface area contributed by atoms with Gasteiger partial charge in [0.25, 0.3) is 11.8 Å². The molecule has 1 fully saturated rings. The Bertz CT molecular complexity index is 1280. The predicted molar refractivity (Wildman–Crippen MR) is 135 cm³/mol. The van der Waals surface area contributed by atoms with E-state index in [2.05, 4.69) is 20.4 Å². The van der Waals surface area contributed by atoms with Crippen LogP contribution in [0.2, 0.25) is 0 Å². The molecule has 0 spiro atoms. The summed E-state index contributed by atoms with van der Waals surface area (Å²) in [6.07, 6.45) is -4.62. The van der Waals surface area contributed by atoms with E-state index in [1.54, 1.807) is 18.2 Å². The number of anilines is 2. The van der Waals surface area contributed by atoms with E-state index in [1.165, 1.54) is 12.1 Å². The molecule has 1 N–H and O–H groups in total. The summed E-state index contributed by atoms with van der Waals surface area (Å²) >= 11 is 5.65. The quantitative estimate of drug-likeness (QED) is 0.392.